The van der Waals surface area contributed by atoms with Crippen molar-refractivity contribution >= 4 is 22.7 Å². The SMILES string of the molecule is C#C[C@H](c1cccnc1)[C@@]1(C)SC(c2ccccc2)=NC1=O. The third-order valence-corrected chi connectivity index (χ3v) is 5.05. The van der Waals surface area contributed by atoms with E-state index in [1.165, 1.54) is 11.8 Å². The van der Waals surface area contributed by atoms with Crippen LogP contribution in [0.5, 0.6) is 0 Å². The maximum atomic E-state index is 12.5. The number of carbonyl (C=O) groups excluding carboxylic acids is 1. The van der Waals surface area contributed by atoms with E-state index in [1.54, 1.807) is 12.4 Å². The highest BCUT2D eigenvalue weighted by Crippen LogP contribution is 2.45. The Hall–Kier alpha value is -2.38. The molecule has 0 N–H and O–H groups in total. The summed E-state index contributed by atoms with van der Waals surface area (Å²) in [5, 5.41) is 0.720. The normalized spacial score (nSPS) is 22.0. The number of hydrogen-bond acceptors (Lipinski definition) is 3. The van der Waals surface area contributed by atoms with Crippen molar-refractivity contribution in [1.29, 1.82) is 0 Å². The zero-order valence-electron chi connectivity index (χ0n) is 12.1. The highest BCUT2D eigenvalue weighted by atomic mass is 32.2. The maximum absolute atomic E-state index is 12.5. The molecule has 3 rings (SSSR count). The molecule has 0 saturated heterocycles. The van der Waals surface area contributed by atoms with Gasteiger partial charge in [-0.2, -0.15) is 0 Å². The highest BCUT2D eigenvalue weighted by molar-refractivity contribution is 8.16. The number of aliphatic imine (C=N–C) groups is 1. The molecule has 2 heterocycles. The maximum Gasteiger partial charge on any atom is 0.264 e. The molecule has 1 amide bonds. The van der Waals surface area contributed by atoms with Crippen molar-refractivity contribution in [3.05, 3.63) is 66.0 Å². The third-order valence-electron chi connectivity index (χ3n) is 3.69. The highest BCUT2D eigenvalue weighted by Gasteiger charge is 2.47. The van der Waals surface area contributed by atoms with Gasteiger partial charge in [-0.3, -0.25) is 9.78 Å². The van der Waals surface area contributed by atoms with Gasteiger partial charge in [0.2, 0.25) is 0 Å². The second kappa shape index (κ2) is 5.78. The average molecular weight is 306 g/mol. The second-order valence-corrected chi connectivity index (χ2v) is 6.62. The first-order chi connectivity index (χ1) is 10.6. The number of thioether (sulfide) groups is 1. The molecule has 22 heavy (non-hydrogen) atoms. The Morgan fingerprint density at radius 3 is 2.64 bits per heavy atom. The molecule has 0 aliphatic carbocycles. The minimum Gasteiger partial charge on any atom is -0.271 e. The molecule has 1 aromatic carbocycles. The molecular formula is C18H14N2OS. The van der Waals surface area contributed by atoms with E-state index >= 15 is 0 Å². The van der Waals surface area contributed by atoms with Gasteiger partial charge < -0.3 is 0 Å². The molecule has 2 atom stereocenters. The van der Waals surface area contributed by atoms with Crippen LogP contribution in [0, 0.1) is 12.3 Å². The molecule has 3 nitrogen and oxygen atoms in total. The van der Waals surface area contributed by atoms with E-state index < -0.39 is 4.75 Å². The zero-order chi connectivity index (χ0) is 15.6. The minimum atomic E-state index is -0.803. The van der Waals surface area contributed by atoms with Crippen LogP contribution in [0.15, 0.2) is 59.9 Å². The molecule has 0 bridgehead atoms. The van der Waals surface area contributed by atoms with E-state index in [1.807, 2.05) is 49.4 Å². The zero-order valence-corrected chi connectivity index (χ0v) is 12.9. The fourth-order valence-corrected chi connectivity index (χ4v) is 3.72. The van der Waals surface area contributed by atoms with Gasteiger partial charge in [0, 0.05) is 18.0 Å². The summed E-state index contributed by atoms with van der Waals surface area (Å²) in [4.78, 5) is 20.9. The Labute approximate surface area is 133 Å². The lowest BCUT2D eigenvalue weighted by molar-refractivity contribution is -0.119. The van der Waals surface area contributed by atoms with Crippen LogP contribution in [0.4, 0.5) is 0 Å². The summed E-state index contributed by atoms with van der Waals surface area (Å²) < 4.78 is -0.803. The lowest BCUT2D eigenvalue weighted by atomic mass is 9.87. The van der Waals surface area contributed by atoms with Gasteiger partial charge in [0.25, 0.3) is 5.91 Å². The van der Waals surface area contributed by atoms with Gasteiger partial charge in [0.05, 0.1) is 5.92 Å². The molecule has 1 aliphatic rings. The van der Waals surface area contributed by atoms with E-state index in [-0.39, 0.29) is 11.8 Å². The number of hydrogen-bond donors (Lipinski definition) is 0. The summed E-state index contributed by atoms with van der Waals surface area (Å²) in [5.74, 6) is 2.19. The van der Waals surface area contributed by atoms with Crippen LogP contribution in [-0.2, 0) is 4.79 Å². The van der Waals surface area contributed by atoms with Crippen LogP contribution in [0.1, 0.15) is 24.0 Å². The molecule has 1 aromatic heterocycles. The largest absolute Gasteiger partial charge is 0.271 e. The molecule has 4 heteroatoms. The van der Waals surface area contributed by atoms with Gasteiger partial charge in [-0.1, -0.05) is 54.1 Å². The van der Waals surface area contributed by atoms with Crippen LogP contribution < -0.4 is 0 Å². The summed E-state index contributed by atoms with van der Waals surface area (Å²) in [6, 6.07) is 13.4. The number of rotatable bonds is 3. The molecule has 2 aromatic rings. The first kappa shape index (κ1) is 14.6. The van der Waals surface area contributed by atoms with E-state index in [2.05, 4.69) is 15.9 Å². The van der Waals surface area contributed by atoms with Crippen molar-refractivity contribution in [1.82, 2.24) is 4.98 Å². The molecule has 0 saturated carbocycles. The van der Waals surface area contributed by atoms with Gasteiger partial charge in [0.15, 0.2) is 0 Å². The number of carbonyl (C=O) groups is 1. The first-order valence-corrected chi connectivity index (χ1v) is 7.70. The molecule has 0 spiro atoms. The monoisotopic (exact) mass is 306 g/mol. The molecule has 1 aliphatic heterocycles. The van der Waals surface area contributed by atoms with Crippen LogP contribution in [0.25, 0.3) is 0 Å². The Kier molecular flexibility index (Phi) is 3.82. The molecule has 0 radical (unpaired) electrons. The van der Waals surface area contributed by atoms with Gasteiger partial charge in [-0.25, -0.2) is 4.99 Å². The number of amides is 1. The molecule has 108 valence electrons. The van der Waals surface area contributed by atoms with Gasteiger partial charge in [-0.15, -0.1) is 6.42 Å². The average Bonchev–Trinajstić information content (AvgIpc) is 2.86. The van der Waals surface area contributed by atoms with Crippen LogP contribution in [0.3, 0.4) is 0 Å². The number of terminal acetylenes is 1. The van der Waals surface area contributed by atoms with Crippen molar-refractivity contribution in [2.45, 2.75) is 17.6 Å². The van der Waals surface area contributed by atoms with Crippen LogP contribution in [0.2, 0.25) is 0 Å². The minimum absolute atomic E-state index is 0.192. The lowest BCUT2D eigenvalue weighted by Crippen LogP contribution is -2.34. The first-order valence-electron chi connectivity index (χ1n) is 6.89. The van der Waals surface area contributed by atoms with Crippen molar-refractivity contribution in [3.8, 4) is 12.3 Å². The quantitative estimate of drug-likeness (QED) is 0.817. The van der Waals surface area contributed by atoms with E-state index in [0.717, 1.165) is 16.2 Å². The predicted molar refractivity (Wildman–Crippen MR) is 89.8 cm³/mol. The number of pyridine rings is 1. The second-order valence-electron chi connectivity index (χ2n) is 5.18. The summed E-state index contributed by atoms with van der Waals surface area (Å²) in [7, 11) is 0. The summed E-state index contributed by atoms with van der Waals surface area (Å²) >= 11 is 1.43. The molecule has 0 unspecified atom stereocenters. The number of benzene rings is 1. The van der Waals surface area contributed by atoms with Gasteiger partial charge in [0.1, 0.15) is 9.79 Å². The van der Waals surface area contributed by atoms with E-state index in [4.69, 9.17) is 6.42 Å². The standard InChI is InChI=1S/C18H14N2OS/c1-3-15(14-10-7-11-19-12-14)18(2)17(21)20-16(22-18)13-8-5-4-6-9-13/h1,4-12,15H,2H3/t15-,18-/m1/s1. The molecular weight excluding hydrogens is 292 g/mol. The number of aromatic nitrogens is 1. The summed E-state index contributed by atoms with van der Waals surface area (Å²) in [5.41, 5.74) is 1.80. The smallest absolute Gasteiger partial charge is 0.264 e. The lowest BCUT2D eigenvalue weighted by Gasteiger charge is -2.27. The Morgan fingerprint density at radius 2 is 2.00 bits per heavy atom. The van der Waals surface area contributed by atoms with Crippen molar-refractivity contribution < 1.29 is 4.79 Å². The fourth-order valence-electron chi connectivity index (χ4n) is 2.48. The van der Waals surface area contributed by atoms with Gasteiger partial charge in [-0.05, 0) is 18.6 Å². The predicted octanol–water partition coefficient (Wildman–Crippen LogP) is 3.28. The van der Waals surface area contributed by atoms with Crippen molar-refractivity contribution in [3.63, 3.8) is 0 Å². The van der Waals surface area contributed by atoms with Crippen molar-refractivity contribution in [2.75, 3.05) is 0 Å². The van der Waals surface area contributed by atoms with Gasteiger partial charge >= 0.3 is 0 Å². The van der Waals surface area contributed by atoms with Crippen LogP contribution in [-0.4, -0.2) is 20.7 Å². The Bertz CT molecular complexity index is 765. The topological polar surface area (TPSA) is 42.3 Å². The van der Waals surface area contributed by atoms with Crippen molar-refractivity contribution in [2.24, 2.45) is 4.99 Å². The van der Waals surface area contributed by atoms with E-state index in [0.29, 0.717) is 0 Å². The summed E-state index contributed by atoms with van der Waals surface area (Å²) in [6.45, 7) is 1.86. The fraction of sp³-hybridized carbons (Fsp3) is 0.167. The molecule has 0 fully saturated rings. The van der Waals surface area contributed by atoms with E-state index in [9.17, 15) is 4.79 Å². The third kappa shape index (κ3) is 2.44. The van der Waals surface area contributed by atoms with Crippen LogP contribution >= 0.6 is 11.8 Å². The Morgan fingerprint density at radius 1 is 1.23 bits per heavy atom. The Balaban J connectivity index is 1.95. The summed E-state index contributed by atoms with van der Waals surface area (Å²) in [6.07, 6.45) is 9.12. The number of nitrogens with zero attached hydrogens (tertiary/aromatic N) is 2.